The molecule has 1 aromatic carbocycles. The summed E-state index contributed by atoms with van der Waals surface area (Å²) in [5, 5.41) is 11.1. The summed E-state index contributed by atoms with van der Waals surface area (Å²) in [6.45, 7) is 1.32. The van der Waals surface area contributed by atoms with Gasteiger partial charge in [-0.1, -0.05) is 42.5 Å². The first-order valence-electron chi connectivity index (χ1n) is 8.06. The predicted octanol–water partition coefficient (Wildman–Crippen LogP) is 2.90. The molecule has 128 valence electrons. The van der Waals surface area contributed by atoms with Crippen molar-refractivity contribution in [2.75, 3.05) is 13.2 Å². The zero-order chi connectivity index (χ0) is 17.6. The summed E-state index contributed by atoms with van der Waals surface area (Å²) in [6, 6.07) is 9.28. The number of rotatable bonds is 7. The molecular formula is C18H21NO5. The fourth-order valence-electron chi connectivity index (χ4n) is 3.24. The highest BCUT2D eigenvalue weighted by Gasteiger charge is 2.56. The fourth-order valence-corrected chi connectivity index (χ4v) is 3.24. The van der Waals surface area contributed by atoms with Gasteiger partial charge in [0.1, 0.15) is 5.41 Å². The molecule has 2 atom stereocenters. The Hall–Kier alpha value is -2.50. The summed E-state index contributed by atoms with van der Waals surface area (Å²) < 4.78 is 5.10. The van der Waals surface area contributed by atoms with Crippen LogP contribution in [0.1, 0.15) is 31.7 Å². The standard InChI is InChI=1S/C18H21NO5/c1-2-24-17(21)18(12-6-9-16(18)20)15(13-19(22)23)11-10-14-7-4-3-5-8-14/h3-5,7-8,10-11,15H,2,6,9,12-13H2,1H3/b11-10+/t15-,18-/m0/s1. The quantitative estimate of drug-likeness (QED) is 0.332. The number of nitro groups is 1. The molecule has 0 N–H and O–H groups in total. The van der Waals surface area contributed by atoms with Crippen molar-refractivity contribution >= 4 is 17.8 Å². The van der Waals surface area contributed by atoms with E-state index in [0.29, 0.717) is 12.8 Å². The van der Waals surface area contributed by atoms with Crippen molar-refractivity contribution in [2.24, 2.45) is 11.3 Å². The van der Waals surface area contributed by atoms with Crippen LogP contribution in [0.25, 0.3) is 6.08 Å². The van der Waals surface area contributed by atoms with Crippen LogP contribution in [0.4, 0.5) is 0 Å². The number of nitrogens with zero attached hydrogens (tertiary/aromatic N) is 1. The van der Waals surface area contributed by atoms with Crippen LogP contribution in [-0.2, 0) is 14.3 Å². The van der Waals surface area contributed by atoms with Crippen LogP contribution in [0.2, 0.25) is 0 Å². The van der Waals surface area contributed by atoms with Crippen LogP contribution in [0, 0.1) is 21.4 Å². The molecule has 0 aliphatic heterocycles. The second-order valence-corrected chi connectivity index (χ2v) is 5.86. The summed E-state index contributed by atoms with van der Waals surface area (Å²) in [7, 11) is 0. The van der Waals surface area contributed by atoms with E-state index in [1.807, 2.05) is 30.3 Å². The number of hydrogen-bond acceptors (Lipinski definition) is 5. The Balaban J connectivity index is 2.39. The molecule has 1 aliphatic carbocycles. The predicted molar refractivity (Wildman–Crippen MR) is 88.8 cm³/mol. The lowest BCUT2D eigenvalue weighted by Gasteiger charge is -2.29. The van der Waals surface area contributed by atoms with Gasteiger partial charge in [-0.05, 0) is 25.3 Å². The Morgan fingerprint density at radius 2 is 2.12 bits per heavy atom. The molecule has 1 aromatic rings. The maximum atomic E-state index is 12.5. The number of hydrogen-bond donors (Lipinski definition) is 0. The van der Waals surface area contributed by atoms with Crippen LogP contribution < -0.4 is 0 Å². The van der Waals surface area contributed by atoms with E-state index in [-0.39, 0.29) is 18.8 Å². The largest absolute Gasteiger partial charge is 0.465 e. The average Bonchev–Trinajstić information content (AvgIpc) is 2.95. The molecule has 0 radical (unpaired) electrons. The Morgan fingerprint density at radius 1 is 1.42 bits per heavy atom. The monoisotopic (exact) mass is 331 g/mol. The second-order valence-electron chi connectivity index (χ2n) is 5.86. The smallest absolute Gasteiger partial charge is 0.320 e. The summed E-state index contributed by atoms with van der Waals surface area (Å²) in [5.74, 6) is -1.72. The molecule has 0 aromatic heterocycles. The highest BCUT2D eigenvalue weighted by Crippen LogP contribution is 2.44. The van der Waals surface area contributed by atoms with Crippen molar-refractivity contribution in [2.45, 2.75) is 26.2 Å². The lowest BCUT2D eigenvalue weighted by atomic mass is 9.72. The van der Waals surface area contributed by atoms with E-state index in [9.17, 15) is 19.7 Å². The maximum absolute atomic E-state index is 12.5. The highest BCUT2D eigenvalue weighted by molar-refractivity contribution is 6.06. The number of carbonyl (C=O) groups excluding carboxylic acids is 2. The molecule has 1 saturated carbocycles. The van der Waals surface area contributed by atoms with Crippen molar-refractivity contribution in [1.82, 2.24) is 0 Å². The number of Topliss-reactive ketones (excluding diaryl/α,β-unsaturated/α-hetero) is 1. The van der Waals surface area contributed by atoms with Gasteiger partial charge in [0.25, 0.3) is 0 Å². The number of carbonyl (C=O) groups is 2. The van der Waals surface area contributed by atoms with E-state index >= 15 is 0 Å². The Morgan fingerprint density at radius 3 is 2.67 bits per heavy atom. The molecule has 0 spiro atoms. The van der Waals surface area contributed by atoms with Crippen LogP contribution in [0.5, 0.6) is 0 Å². The fraction of sp³-hybridized carbons (Fsp3) is 0.444. The molecule has 24 heavy (non-hydrogen) atoms. The number of benzene rings is 1. The number of esters is 1. The lowest BCUT2D eigenvalue weighted by molar-refractivity contribution is -0.488. The highest BCUT2D eigenvalue weighted by atomic mass is 16.6. The third kappa shape index (κ3) is 3.69. The molecule has 0 bridgehead atoms. The number of ketones is 1. The molecule has 0 amide bonds. The van der Waals surface area contributed by atoms with Gasteiger partial charge < -0.3 is 4.74 Å². The minimum atomic E-state index is -1.44. The van der Waals surface area contributed by atoms with E-state index in [2.05, 4.69) is 0 Å². The summed E-state index contributed by atoms with van der Waals surface area (Å²) in [5.41, 5.74) is -0.579. The number of ether oxygens (including phenoxy) is 1. The molecule has 0 saturated heterocycles. The summed E-state index contributed by atoms with van der Waals surface area (Å²) in [4.78, 5) is 35.6. The third-order valence-electron chi connectivity index (χ3n) is 4.41. The molecular weight excluding hydrogens is 310 g/mol. The van der Waals surface area contributed by atoms with Gasteiger partial charge in [-0.2, -0.15) is 0 Å². The topological polar surface area (TPSA) is 86.5 Å². The van der Waals surface area contributed by atoms with E-state index in [1.165, 1.54) is 0 Å². The molecule has 0 unspecified atom stereocenters. The van der Waals surface area contributed by atoms with Gasteiger partial charge >= 0.3 is 5.97 Å². The first kappa shape index (κ1) is 17.8. The van der Waals surface area contributed by atoms with Crippen LogP contribution >= 0.6 is 0 Å². The SMILES string of the molecule is CCOC(=O)[C@]1([C@@H](/C=C/c2ccccc2)C[N+](=O)[O-])CCCC1=O. The van der Waals surface area contributed by atoms with Crippen molar-refractivity contribution in [1.29, 1.82) is 0 Å². The van der Waals surface area contributed by atoms with Gasteiger partial charge in [-0.3, -0.25) is 19.7 Å². The first-order chi connectivity index (χ1) is 11.5. The van der Waals surface area contributed by atoms with Crippen molar-refractivity contribution < 1.29 is 19.2 Å². The van der Waals surface area contributed by atoms with Crippen molar-refractivity contribution in [3.63, 3.8) is 0 Å². The van der Waals surface area contributed by atoms with Gasteiger partial charge in [0, 0.05) is 11.3 Å². The maximum Gasteiger partial charge on any atom is 0.320 e. The minimum absolute atomic E-state index is 0.140. The normalized spacial score (nSPS) is 21.8. The molecule has 1 aliphatic rings. The van der Waals surface area contributed by atoms with Gasteiger partial charge in [-0.15, -0.1) is 0 Å². The molecule has 6 nitrogen and oxygen atoms in total. The van der Waals surface area contributed by atoms with Gasteiger partial charge in [-0.25, -0.2) is 0 Å². The summed E-state index contributed by atoms with van der Waals surface area (Å²) >= 11 is 0. The van der Waals surface area contributed by atoms with E-state index < -0.39 is 28.8 Å². The Bertz CT molecular complexity index is 640. The Labute approximate surface area is 140 Å². The Kier molecular flexibility index (Phi) is 5.84. The van der Waals surface area contributed by atoms with E-state index in [0.717, 1.165) is 5.56 Å². The first-order valence-corrected chi connectivity index (χ1v) is 8.06. The zero-order valence-electron chi connectivity index (χ0n) is 13.6. The minimum Gasteiger partial charge on any atom is -0.465 e. The van der Waals surface area contributed by atoms with Gasteiger partial charge in [0.05, 0.1) is 12.5 Å². The van der Waals surface area contributed by atoms with Crippen LogP contribution in [-0.4, -0.2) is 29.8 Å². The van der Waals surface area contributed by atoms with Crippen molar-refractivity contribution in [3.05, 3.63) is 52.1 Å². The summed E-state index contributed by atoms with van der Waals surface area (Å²) in [6.07, 6.45) is 4.43. The molecule has 0 heterocycles. The third-order valence-corrected chi connectivity index (χ3v) is 4.41. The van der Waals surface area contributed by atoms with Gasteiger partial charge in [0.15, 0.2) is 5.78 Å². The van der Waals surface area contributed by atoms with Gasteiger partial charge in [0.2, 0.25) is 6.54 Å². The van der Waals surface area contributed by atoms with Crippen molar-refractivity contribution in [3.8, 4) is 0 Å². The second kappa shape index (κ2) is 7.86. The van der Waals surface area contributed by atoms with E-state index in [4.69, 9.17) is 4.74 Å². The van der Waals surface area contributed by atoms with Crippen LogP contribution in [0.3, 0.4) is 0 Å². The molecule has 1 fully saturated rings. The van der Waals surface area contributed by atoms with Crippen LogP contribution in [0.15, 0.2) is 36.4 Å². The molecule has 2 rings (SSSR count). The zero-order valence-corrected chi connectivity index (χ0v) is 13.6. The van der Waals surface area contributed by atoms with E-state index in [1.54, 1.807) is 19.1 Å². The average molecular weight is 331 g/mol. The molecule has 6 heteroatoms. The lowest BCUT2D eigenvalue weighted by Crippen LogP contribution is -2.45.